The highest BCUT2D eigenvalue weighted by atomic mass is 35.5. The van der Waals surface area contributed by atoms with Gasteiger partial charge < -0.3 is 25.8 Å². The summed E-state index contributed by atoms with van der Waals surface area (Å²) in [6, 6.07) is 7.42. The summed E-state index contributed by atoms with van der Waals surface area (Å²) < 4.78 is 5.88. The molecule has 1 saturated heterocycles. The van der Waals surface area contributed by atoms with E-state index < -0.39 is 0 Å². The second-order valence-electron chi connectivity index (χ2n) is 11.4. The number of rotatable bonds is 9. The van der Waals surface area contributed by atoms with Gasteiger partial charge in [0.05, 0.1) is 34.1 Å². The van der Waals surface area contributed by atoms with E-state index >= 15 is 0 Å². The molecule has 6 rings (SSSR count). The van der Waals surface area contributed by atoms with E-state index in [1.54, 1.807) is 18.0 Å². The highest BCUT2D eigenvalue weighted by Crippen LogP contribution is 2.47. The molecule has 0 spiro atoms. The number of nitrogens with zero attached hydrogens (tertiary/aromatic N) is 4. The SMILES string of the molecule is CC(O)CN1CCN(C(=O)COc2cccc(C3=Nc4c(ncc(Cl)c4N[C@H]4[C@@H](C(N)=O)[C@@H]5C=C[C@H]4C5)C3)c2)CC1. The molecule has 1 aromatic heterocycles. The van der Waals surface area contributed by atoms with Crippen LogP contribution in [0.2, 0.25) is 5.02 Å². The summed E-state index contributed by atoms with van der Waals surface area (Å²) in [5.41, 5.74) is 9.62. The molecule has 1 unspecified atom stereocenters. The van der Waals surface area contributed by atoms with Crippen molar-refractivity contribution in [2.24, 2.45) is 28.5 Å². The fraction of sp³-hybridized carbons (Fsp3) is 0.467. The molecular formula is C30H35ClN6O4. The van der Waals surface area contributed by atoms with Gasteiger partial charge in [-0.3, -0.25) is 19.5 Å². The van der Waals surface area contributed by atoms with E-state index in [4.69, 9.17) is 27.1 Å². The number of β-amino-alcohol motifs (C(OH)–C–C–N with tert-alkyl or cyclic N) is 1. The molecule has 4 aliphatic rings. The molecular weight excluding hydrogens is 544 g/mol. The molecule has 3 heterocycles. The number of allylic oxidation sites excluding steroid dienone is 1. The number of benzene rings is 1. The molecule has 11 heteroatoms. The first-order chi connectivity index (χ1) is 19.8. The summed E-state index contributed by atoms with van der Waals surface area (Å²) in [5, 5.41) is 13.6. The lowest BCUT2D eigenvalue weighted by atomic mass is 9.88. The standard InChI is InChI=1S/C30H35ClN6O4/c1-17(38)15-36-7-9-37(10-8-36)25(39)16-41-21-4-2-3-18(12-21)23-13-24-29(34-23)28(22(31)14-33-24)35-27-20-6-5-19(11-20)26(27)30(32)40/h2-6,12,14,17,19-20,26-27,38H,7-11,13,15-16H2,1H3,(H2,32,40)(H,33,35)/t17?,19-,20+,26+,27-/m1/s1. The number of hydrogen-bond donors (Lipinski definition) is 3. The topological polar surface area (TPSA) is 133 Å². The lowest BCUT2D eigenvalue weighted by Gasteiger charge is -2.35. The molecule has 2 aliphatic carbocycles. The Kier molecular flexibility index (Phi) is 7.72. The first kappa shape index (κ1) is 27.7. The number of aliphatic hydroxyl groups is 1. The molecule has 2 amide bonds. The summed E-state index contributed by atoms with van der Waals surface area (Å²) in [5.74, 6) is 0.296. The summed E-state index contributed by atoms with van der Waals surface area (Å²) in [6.07, 6.45) is 6.92. The van der Waals surface area contributed by atoms with Crippen LogP contribution in [0.25, 0.3) is 0 Å². The van der Waals surface area contributed by atoms with Crippen LogP contribution in [0.3, 0.4) is 0 Å². The number of amides is 2. The number of carbonyl (C=O) groups excluding carboxylic acids is 2. The number of anilines is 1. The van der Waals surface area contributed by atoms with Crippen molar-refractivity contribution in [3.8, 4) is 5.75 Å². The second-order valence-corrected chi connectivity index (χ2v) is 11.8. The Labute approximate surface area is 244 Å². The van der Waals surface area contributed by atoms with Gasteiger partial charge in [-0.25, -0.2) is 4.99 Å². The Bertz CT molecular complexity index is 1400. The number of nitrogens with one attached hydrogen (secondary N) is 1. The van der Waals surface area contributed by atoms with E-state index in [-0.39, 0.29) is 48.3 Å². The monoisotopic (exact) mass is 578 g/mol. The maximum atomic E-state index is 12.8. The number of fused-ring (bicyclic) bond motifs is 3. The Morgan fingerprint density at radius 2 is 2.00 bits per heavy atom. The number of primary amides is 1. The van der Waals surface area contributed by atoms with E-state index in [1.165, 1.54) is 0 Å². The van der Waals surface area contributed by atoms with Crippen molar-refractivity contribution in [3.63, 3.8) is 0 Å². The van der Waals surface area contributed by atoms with E-state index in [9.17, 15) is 14.7 Å². The number of hydrogen-bond acceptors (Lipinski definition) is 8. The molecule has 41 heavy (non-hydrogen) atoms. The third-order valence-electron chi connectivity index (χ3n) is 8.54. The van der Waals surface area contributed by atoms with Crippen LogP contribution in [0.15, 0.2) is 47.6 Å². The fourth-order valence-electron chi connectivity index (χ4n) is 6.53. The maximum absolute atomic E-state index is 12.8. The lowest BCUT2D eigenvalue weighted by molar-refractivity contribution is -0.135. The summed E-state index contributed by atoms with van der Waals surface area (Å²) in [7, 11) is 0. The predicted molar refractivity (Wildman–Crippen MR) is 157 cm³/mol. The van der Waals surface area contributed by atoms with Gasteiger partial charge in [-0.2, -0.15) is 0 Å². The number of halogens is 1. The molecule has 1 saturated carbocycles. The molecule has 0 radical (unpaired) electrons. The van der Waals surface area contributed by atoms with Crippen LogP contribution in [0.1, 0.15) is 24.6 Å². The number of aliphatic imine (C=N–C) groups is 1. The Morgan fingerprint density at radius 3 is 2.76 bits per heavy atom. The molecule has 2 bridgehead atoms. The largest absolute Gasteiger partial charge is 0.484 e. The minimum Gasteiger partial charge on any atom is -0.484 e. The van der Waals surface area contributed by atoms with Crippen LogP contribution in [0, 0.1) is 17.8 Å². The Morgan fingerprint density at radius 1 is 1.22 bits per heavy atom. The summed E-state index contributed by atoms with van der Waals surface area (Å²) in [6.45, 7) is 5.06. The van der Waals surface area contributed by atoms with Crippen molar-refractivity contribution in [3.05, 3.63) is 58.9 Å². The molecule has 2 aliphatic heterocycles. The Hall–Kier alpha value is -3.47. The highest BCUT2D eigenvalue weighted by molar-refractivity contribution is 6.34. The van der Waals surface area contributed by atoms with E-state index in [2.05, 4.69) is 27.4 Å². The molecule has 2 fully saturated rings. The van der Waals surface area contributed by atoms with Gasteiger partial charge in [0.15, 0.2) is 6.61 Å². The fourth-order valence-corrected chi connectivity index (χ4v) is 6.73. The number of piperazine rings is 1. The van der Waals surface area contributed by atoms with Crippen LogP contribution in [0.4, 0.5) is 11.4 Å². The second kappa shape index (κ2) is 11.4. The zero-order valence-corrected chi connectivity index (χ0v) is 23.8. The average molecular weight is 579 g/mol. The molecule has 4 N–H and O–H groups in total. The molecule has 5 atom stereocenters. The lowest BCUT2D eigenvalue weighted by Crippen LogP contribution is -2.51. The van der Waals surface area contributed by atoms with Gasteiger partial charge in [0.25, 0.3) is 5.91 Å². The van der Waals surface area contributed by atoms with E-state index in [0.717, 1.165) is 36.5 Å². The zero-order valence-electron chi connectivity index (χ0n) is 23.0. The smallest absolute Gasteiger partial charge is 0.260 e. The van der Waals surface area contributed by atoms with Crippen LogP contribution in [-0.4, -0.2) is 88.9 Å². The van der Waals surface area contributed by atoms with Gasteiger partial charge in [-0.05, 0) is 37.3 Å². The number of aliphatic hydroxyl groups excluding tert-OH is 1. The minimum atomic E-state index is -0.380. The van der Waals surface area contributed by atoms with Crippen molar-refractivity contribution < 1.29 is 19.4 Å². The number of ether oxygens (including phenoxy) is 1. The first-order valence-electron chi connectivity index (χ1n) is 14.2. The van der Waals surface area contributed by atoms with Crippen molar-refractivity contribution >= 4 is 40.5 Å². The number of pyridine rings is 1. The zero-order chi connectivity index (χ0) is 28.7. The summed E-state index contributed by atoms with van der Waals surface area (Å²) in [4.78, 5) is 38.4. The predicted octanol–water partition coefficient (Wildman–Crippen LogP) is 2.40. The van der Waals surface area contributed by atoms with Gasteiger partial charge in [0, 0.05) is 56.9 Å². The molecule has 1 aromatic carbocycles. The third-order valence-corrected chi connectivity index (χ3v) is 8.83. The van der Waals surface area contributed by atoms with Crippen molar-refractivity contribution in [2.75, 3.05) is 44.6 Å². The molecule has 2 aromatic rings. The average Bonchev–Trinajstić information content (AvgIpc) is 3.69. The highest BCUT2D eigenvalue weighted by Gasteiger charge is 2.48. The minimum absolute atomic E-state index is 0.0448. The van der Waals surface area contributed by atoms with E-state index in [0.29, 0.717) is 48.2 Å². The number of nitrogens with two attached hydrogens (primary N) is 1. The van der Waals surface area contributed by atoms with Crippen molar-refractivity contribution in [1.29, 1.82) is 0 Å². The van der Waals surface area contributed by atoms with Gasteiger partial charge in [-0.1, -0.05) is 35.9 Å². The van der Waals surface area contributed by atoms with Crippen molar-refractivity contribution in [2.45, 2.75) is 31.9 Å². The third kappa shape index (κ3) is 5.68. The van der Waals surface area contributed by atoms with Crippen molar-refractivity contribution in [1.82, 2.24) is 14.8 Å². The van der Waals surface area contributed by atoms with E-state index in [1.807, 2.05) is 24.3 Å². The molecule has 10 nitrogen and oxygen atoms in total. The van der Waals surface area contributed by atoms with Gasteiger partial charge in [0.1, 0.15) is 11.4 Å². The van der Waals surface area contributed by atoms with Crippen LogP contribution < -0.4 is 15.8 Å². The quantitative estimate of drug-likeness (QED) is 0.389. The van der Waals surface area contributed by atoms with Gasteiger partial charge in [0.2, 0.25) is 5.91 Å². The van der Waals surface area contributed by atoms with Gasteiger partial charge >= 0.3 is 0 Å². The van der Waals surface area contributed by atoms with Crippen LogP contribution in [-0.2, 0) is 16.0 Å². The van der Waals surface area contributed by atoms with Gasteiger partial charge in [-0.15, -0.1) is 0 Å². The Balaban J connectivity index is 1.13. The van der Waals surface area contributed by atoms with Crippen LogP contribution >= 0.6 is 11.6 Å². The van der Waals surface area contributed by atoms with Crippen LogP contribution in [0.5, 0.6) is 5.75 Å². The maximum Gasteiger partial charge on any atom is 0.260 e. The molecule has 216 valence electrons. The number of aromatic nitrogens is 1. The normalized spacial score (nSPS) is 25.6. The number of carbonyl (C=O) groups is 2. The summed E-state index contributed by atoms with van der Waals surface area (Å²) >= 11 is 6.60. The first-order valence-corrected chi connectivity index (χ1v) is 14.5.